The molecule has 0 saturated carbocycles. The first-order valence-corrected chi connectivity index (χ1v) is 4.94. The summed E-state index contributed by atoms with van der Waals surface area (Å²) in [6, 6.07) is 0. The van der Waals surface area contributed by atoms with Gasteiger partial charge in [0.25, 0.3) is 0 Å². The van der Waals surface area contributed by atoms with Gasteiger partial charge in [-0.15, -0.1) is 0 Å². The van der Waals surface area contributed by atoms with E-state index in [4.69, 9.17) is 0 Å². The summed E-state index contributed by atoms with van der Waals surface area (Å²) >= 11 is 0. The lowest BCUT2D eigenvalue weighted by atomic mass is 10.3. The van der Waals surface area contributed by atoms with Gasteiger partial charge in [-0.25, -0.2) is 0 Å². The first-order chi connectivity index (χ1) is 7.74. The topological polar surface area (TPSA) is 0 Å². The Labute approximate surface area is 100 Å². The molecule has 0 aromatic heterocycles. The largest absolute Gasteiger partial charge is 0.673 e. The van der Waals surface area contributed by atoms with E-state index in [9.17, 15) is 17.3 Å². The summed E-state index contributed by atoms with van der Waals surface area (Å²) in [6.07, 6.45) is 7.61. The van der Waals surface area contributed by atoms with Crippen LogP contribution < -0.4 is 0 Å². The Kier molecular flexibility index (Phi) is 9.37. The fourth-order valence-electron chi connectivity index (χ4n) is 1.22. The summed E-state index contributed by atoms with van der Waals surface area (Å²) in [6.45, 7) is 17.6. The van der Waals surface area contributed by atoms with Crippen molar-refractivity contribution in [3.05, 3.63) is 50.7 Å². The Morgan fingerprint density at radius 2 is 1.00 bits per heavy atom. The van der Waals surface area contributed by atoms with E-state index < -0.39 is 7.25 Å². The molecule has 17 heavy (non-hydrogen) atoms. The summed E-state index contributed by atoms with van der Waals surface area (Å²) in [5.41, 5.74) is 0. The van der Waals surface area contributed by atoms with Crippen LogP contribution >= 0.6 is 0 Å². The molecule has 1 nitrogen and oxygen atoms in total. The summed E-state index contributed by atoms with van der Waals surface area (Å²) < 4.78 is 39.8. The molecule has 0 aliphatic rings. The molecular weight excluding hydrogens is 233 g/mol. The van der Waals surface area contributed by atoms with Gasteiger partial charge in [0, 0.05) is 0 Å². The van der Waals surface area contributed by atoms with Crippen molar-refractivity contribution in [2.75, 3.05) is 19.6 Å². The van der Waals surface area contributed by atoms with E-state index in [0.29, 0.717) is 0 Å². The number of nitrogens with zero attached hydrogens (tertiary/aromatic N) is 1. The third-order valence-electron chi connectivity index (χ3n) is 1.87. The fourth-order valence-corrected chi connectivity index (χ4v) is 1.22. The summed E-state index contributed by atoms with van der Waals surface area (Å²) in [4.78, 5) is 0. The smallest absolute Gasteiger partial charge is 0.418 e. The molecule has 6 heteroatoms. The summed E-state index contributed by atoms with van der Waals surface area (Å²) in [5.74, 6) is 0. The molecular formula is C11H18BF4N. The number of rotatable bonds is 7. The highest BCUT2D eigenvalue weighted by Gasteiger charge is 2.20. The molecule has 0 rings (SSSR count). The van der Waals surface area contributed by atoms with Crippen LogP contribution in [-0.2, 0) is 0 Å². The lowest BCUT2D eigenvalue weighted by Crippen LogP contribution is -2.42. The van der Waals surface area contributed by atoms with Gasteiger partial charge in [0.2, 0.25) is 0 Å². The molecule has 0 radical (unpaired) electrons. The highest BCUT2D eigenvalue weighted by Crippen LogP contribution is 2.08. The van der Waals surface area contributed by atoms with Gasteiger partial charge in [-0.2, -0.15) is 0 Å². The van der Waals surface area contributed by atoms with Gasteiger partial charge >= 0.3 is 7.25 Å². The van der Waals surface area contributed by atoms with E-state index in [1.807, 2.05) is 24.4 Å². The Bertz CT molecular complexity index is 228. The van der Waals surface area contributed by atoms with Crippen LogP contribution in [0.1, 0.15) is 0 Å². The predicted octanol–water partition coefficient (Wildman–Crippen LogP) is 3.80. The molecule has 0 saturated heterocycles. The number of quaternary nitrogens is 1. The van der Waals surface area contributed by atoms with Gasteiger partial charge in [0.15, 0.2) is 0 Å². The zero-order valence-electron chi connectivity index (χ0n) is 9.80. The van der Waals surface area contributed by atoms with E-state index in [1.54, 1.807) is 0 Å². The number of hydrogen-bond donors (Lipinski definition) is 0. The van der Waals surface area contributed by atoms with Crippen molar-refractivity contribution >= 4 is 7.25 Å². The molecule has 0 atom stereocenters. The zero-order chi connectivity index (χ0) is 13.9. The van der Waals surface area contributed by atoms with Crippen LogP contribution in [0.2, 0.25) is 0 Å². The van der Waals surface area contributed by atoms with E-state index in [2.05, 4.69) is 26.3 Å². The van der Waals surface area contributed by atoms with Crippen molar-refractivity contribution < 1.29 is 21.7 Å². The average Bonchev–Trinajstić information content (AvgIpc) is 2.16. The van der Waals surface area contributed by atoms with Gasteiger partial charge in [-0.3, -0.25) is 4.48 Å². The molecule has 0 bridgehead atoms. The highest BCUT2D eigenvalue weighted by molar-refractivity contribution is 6.50. The van der Waals surface area contributed by atoms with Crippen LogP contribution in [-0.4, -0.2) is 31.4 Å². The Hall–Kier alpha value is -1.30. The predicted molar refractivity (Wildman–Crippen MR) is 65.8 cm³/mol. The van der Waals surface area contributed by atoms with E-state index in [-0.39, 0.29) is 0 Å². The second-order valence-electron chi connectivity index (χ2n) is 3.31. The number of hydrogen-bond acceptors (Lipinski definition) is 0. The van der Waals surface area contributed by atoms with Gasteiger partial charge in [-0.05, 0) is 24.8 Å². The molecule has 0 aliphatic heterocycles. The van der Waals surface area contributed by atoms with Crippen molar-refractivity contribution in [2.24, 2.45) is 0 Å². The molecule has 0 amide bonds. The second-order valence-corrected chi connectivity index (χ2v) is 3.31. The van der Waals surface area contributed by atoms with Gasteiger partial charge in [-0.1, -0.05) is 19.7 Å². The quantitative estimate of drug-likeness (QED) is 0.279. The fraction of sp³-hybridized carbons (Fsp3) is 0.273. The molecule has 0 N–H and O–H groups in total. The molecule has 0 aromatic carbocycles. The standard InChI is InChI=1S/C11H18N.BF4/c1-5-9-12(8-4,10-6-2)11-7-3;2-1(3,4)5/h5-8H,1-4,9-11H2;/q+1;-1. The van der Waals surface area contributed by atoms with Crippen molar-refractivity contribution in [3.8, 4) is 0 Å². The van der Waals surface area contributed by atoms with E-state index in [1.165, 1.54) is 0 Å². The maximum absolute atomic E-state index is 9.75. The first-order valence-electron chi connectivity index (χ1n) is 4.94. The molecule has 98 valence electrons. The Morgan fingerprint density at radius 1 is 0.765 bits per heavy atom. The van der Waals surface area contributed by atoms with E-state index in [0.717, 1.165) is 24.1 Å². The third-order valence-corrected chi connectivity index (χ3v) is 1.87. The highest BCUT2D eigenvalue weighted by atomic mass is 19.5. The minimum Gasteiger partial charge on any atom is -0.418 e. The van der Waals surface area contributed by atoms with Gasteiger partial charge < -0.3 is 17.3 Å². The number of halogens is 4. The summed E-state index contributed by atoms with van der Waals surface area (Å²) in [7, 11) is -6.00. The van der Waals surface area contributed by atoms with E-state index >= 15 is 0 Å². The van der Waals surface area contributed by atoms with Crippen molar-refractivity contribution in [1.29, 1.82) is 0 Å². The van der Waals surface area contributed by atoms with Crippen molar-refractivity contribution in [1.82, 2.24) is 0 Å². The van der Waals surface area contributed by atoms with Gasteiger partial charge in [0.1, 0.15) is 19.6 Å². The van der Waals surface area contributed by atoms with Gasteiger partial charge in [0.05, 0.1) is 6.20 Å². The van der Waals surface area contributed by atoms with Crippen LogP contribution in [0.4, 0.5) is 17.3 Å². The normalized spacial score (nSPS) is 10.8. The van der Waals surface area contributed by atoms with Crippen LogP contribution in [0.5, 0.6) is 0 Å². The molecule has 0 spiro atoms. The average molecular weight is 251 g/mol. The van der Waals surface area contributed by atoms with Crippen LogP contribution in [0, 0.1) is 0 Å². The third kappa shape index (κ3) is 12.6. The molecule has 0 aromatic rings. The van der Waals surface area contributed by atoms with Crippen LogP contribution in [0.3, 0.4) is 0 Å². The molecule has 0 unspecified atom stereocenters. The summed E-state index contributed by atoms with van der Waals surface area (Å²) in [5, 5.41) is 0. The van der Waals surface area contributed by atoms with Crippen molar-refractivity contribution in [3.63, 3.8) is 0 Å². The molecule has 0 fully saturated rings. The second kappa shape index (κ2) is 8.81. The minimum atomic E-state index is -6.00. The zero-order valence-corrected chi connectivity index (χ0v) is 9.80. The molecule has 0 heterocycles. The maximum atomic E-state index is 9.75. The van der Waals surface area contributed by atoms with Crippen LogP contribution in [0.15, 0.2) is 50.7 Å². The lowest BCUT2D eigenvalue weighted by Gasteiger charge is -2.31. The SMILES string of the molecule is C=CC[N+](C=C)(CC=C)CC=C.F[B-](F)(F)F. The Balaban J connectivity index is 0. The first kappa shape index (κ1) is 18.1. The molecule has 0 aliphatic carbocycles. The van der Waals surface area contributed by atoms with Crippen molar-refractivity contribution in [2.45, 2.75) is 0 Å². The monoisotopic (exact) mass is 251 g/mol. The minimum absolute atomic E-state index is 0.760. The maximum Gasteiger partial charge on any atom is 0.673 e. The Morgan fingerprint density at radius 3 is 1.12 bits per heavy atom. The lowest BCUT2D eigenvalue weighted by molar-refractivity contribution is -0.861. The van der Waals surface area contributed by atoms with Crippen LogP contribution in [0.25, 0.3) is 0 Å².